The normalized spacial score (nSPS) is 9.65. The number of nitrogens with zero attached hydrogens (tertiary/aromatic N) is 3. The van der Waals surface area contributed by atoms with Crippen molar-refractivity contribution in [1.82, 2.24) is 10.7 Å². The van der Waals surface area contributed by atoms with Gasteiger partial charge in [0.1, 0.15) is 0 Å². The number of hydrazine groups is 1. The Hall–Kier alpha value is -1.87. The number of nitrogens with one attached hydrogen (secondary N) is 2. The lowest BCUT2D eigenvalue weighted by Crippen LogP contribution is -2.32. The van der Waals surface area contributed by atoms with E-state index in [1.165, 1.54) is 0 Å². The predicted molar refractivity (Wildman–Crippen MR) is 70.2 cm³/mol. The van der Waals surface area contributed by atoms with Crippen LogP contribution in [0.15, 0.2) is 5.11 Å². The monoisotopic (exact) mass is 288 g/mol. The summed E-state index contributed by atoms with van der Waals surface area (Å²) < 4.78 is 10.3. The fourth-order valence-electron chi connectivity index (χ4n) is 1.12. The van der Waals surface area contributed by atoms with Crippen molar-refractivity contribution in [3.63, 3.8) is 0 Å². The summed E-state index contributed by atoms with van der Waals surface area (Å²) in [5, 5.41) is 5.91. The van der Waals surface area contributed by atoms with Crippen LogP contribution < -0.4 is 16.6 Å². The highest BCUT2D eigenvalue weighted by atomic mass is 16.5. The number of hydrogen-bond donors (Lipinski definition) is 3. The lowest BCUT2D eigenvalue weighted by atomic mass is 10.3. The molecule has 10 nitrogen and oxygen atoms in total. The van der Waals surface area contributed by atoms with Crippen LogP contribution in [0.25, 0.3) is 10.4 Å². The Bertz CT molecular complexity index is 332. The van der Waals surface area contributed by atoms with Gasteiger partial charge in [-0.2, -0.15) is 0 Å². The first-order chi connectivity index (χ1) is 9.70. The van der Waals surface area contributed by atoms with Gasteiger partial charge in [-0.3, -0.25) is 15.0 Å². The van der Waals surface area contributed by atoms with E-state index in [1.54, 1.807) is 0 Å². The van der Waals surface area contributed by atoms with Crippen LogP contribution in [0.3, 0.4) is 0 Å². The number of hydrogen-bond acceptors (Lipinski definition) is 6. The Balaban J connectivity index is 3.25. The van der Waals surface area contributed by atoms with Crippen LogP contribution in [-0.2, 0) is 19.1 Å². The third-order valence-electron chi connectivity index (χ3n) is 2.08. The SMILES string of the molecule is [N-]=[N+]=NCCOCCOCCNC(=O)CCC(=O)NN. The zero-order chi connectivity index (χ0) is 15.1. The quantitative estimate of drug-likeness (QED) is 0.0817. The molecule has 0 unspecified atom stereocenters. The number of azide groups is 1. The van der Waals surface area contributed by atoms with Crippen molar-refractivity contribution in [3.05, 3.63) is 10.4 Å². The van der Waals surface area contributed by atoms with Gasteiger partial charge < -0.3 is 14.8 Å². The number of nitrogens with two attached hydrogens (primary N) is 1. The van der Waals surface area contributed by atoms with Crippen LogP contribution in [0.2, 0.25) is 0 Å². The molecule has 0 aromatic carbocycles. The van der Waals surface area contributed by atoms with E-state index < -0.39 is 0 Å². The molecule has 10 heteroatoms. The van der Waals surface area contributed by atoms with Gasteiger partial charge in [-0.05, 0) is 5.53 Å². The summed E-state index contributed by atoms with van der Waals surface area (Å²) in [5.74, 6) is 4.26. The summed E-state index contributed by atoms with van der Waals surface area (Å²) in [5.41, 5.74) is 9.95. The zero-order valence-corrected chi connectivity index (χ0v) is 11.2. The molecule has 114 valence electrons. The fourth-order valence-corrected chi connectivity index (χ4v) is 1.12. The molecule has 0 saturated carbocycles. The molecule has 0 spiro atoms. The van der Waals surface area contributed by atoms with Crippen molar-refractivity contribution >= 4 is 11.8 Å². The van der Waals surface area contributed by atoms with E-state index in [1.807, 2.05) is 5.43 Å². The van der Waals surface area contributed by atoms with Gasteiger partial charge in [-0.25, -0.2) is 5.84 Å². The smallest absolute Gasteiger partial charge is 0.234 e. The second kappa shape index (κ2) is 13.6. The molecule has 2 amide bonds. The third kappa shape index (κ3) is 12.6. The molecular weight excluding hydrogens is 268 g/mol. The van der Waals surface area contributed by atoms with Crippen LogP contribution >= 0.6 is 0 Å². The van der Waals surface area contributed by atoms with E-state index in [4.69, 9.17) is 20.8 Å². The first-order valence-electron chi connectivity index (χ1n) is 6.13. The molecule has 20 heavy (non-hydrogen) atoms. The topological polar surface area (TPSA) is 151 Å². The summed E-state index contributed by atoms with van der Waals surface area (Å²) in [6.45, 7) is 2.15. The maximum atomic E-state index is 11.2. The van der Waals surface area contributed by atoms with Crippen molar-refractivity contribution in [2.24, 2.45) is 11.0 Å². The molecule has 0 fully saturated rings. The minimum absolute atomic E-state index is 0.0577. The van der Waals surface area contributed by atoms with Crippen LogP contribution in [0.4, 0.5) is 0 Å². The molecule has 0 aromatic heterocycles. The van der Waals surface area contributed by atoms with Gasteiger partial charge in [0.15, 0.2) is 0 Å². The maximum absolute atomic E-state index is 11.2. The van der Waals surface area contributed by atoms with Crippen molar-refractivity contribution < 1.29 is 19.1 Å². The average molecular weight is 288 g/mol. The van der Waals surface area contributed by atoms with Gasteiger partial charge >= 0.3 is 0 Å². The Morgan fingerprint density at radius 2 is 1.75 bits per heavy atom. The largest absolute Gasteiger partial charge is 0.379 e. The van der Waals surface area contributed by atoms with Crippen molar-refractivity contribution in [3.8, 4) is 0 Å². The first-order valence-corrected chi connectivity index (χ1v) is 6.13. The minimum atomic E-state index is -0.380. The predicted octanol–water partition coefficient (Wildman–Crippen LogP) is -0.784. The van der Waals surface area contributed by atoms with Gasteiger partial charge in [0.2, 0.25) is 11.8 Å². The molecule has 0 saturated heterocycles. The minimum Gasteiger partial charge on any atom is -0.379 e. The van der Waals surface area contributed by atoms with E-state index in [0.717, 1.165) is 0 Å². The van der Waals surface area contributed by atoms with Crippen LogP contribution in [-0.4, -0.2) is 51.3 Å². The summed E-state index contributed by atoms with van der Waals surface area (Å²) >= 11 is 0. The Morgan fingerprint density at radius 1 is 1.10 bits per heavy atom. The molecular formula is C10H20N6O4. The molecule has 0 radical (unpaired) electrons. The summed E-state index contributed by atoms with van der Waals surface area (Å²) in [4.78, 5) is 24.6. The average Bonchev–Trinajstić information content (AvgIpc) is 2.46. The Morgan fingerprint density at radius 3 is 2.40 bits per heavy atom. The lowest BCUT2D eigenvalue weighted by molar-refractivity contribution is -0.126. The zero-order valence-electron chi connectivity index (χ0n) is 11.2. The molecule has 0 aliphatic carbocycles. The number of carbonyl (C=O) groups is 2. The van der Waals surface area contributed by atoms with E-state index >= 15 is 0 Å². The van der Waals surface area contributed by atoms with Gasteiger partial charge in [0.05, 0.1) is 26.4 Å². The molecule has 0 aromatic rings. The number of carbonyl (C=O) groups excluding carboxylic acids is 2. The highest BCUT2D eigenvalue weighted by molar-refractivity contribution is 5.83. The Labute approximate surface area is 116 Å². The van der Waals surface area contributed by atoms with Gasteiger partial charge in [-0.1, -0.05) is 5.11 Å². The van der Waals surface area contributed by atoms with Crippen molar-refractivity contribution in [2.75, 3.05) is 39.5 Å². The number of ether oxygens (including phenoxy) is 2. The summed E-state index contributed by atoms with van der Waals surface area (Å²) in [6, 6.07) is 0. The molecule has 4 N–H and O–H groups in total. The molecule has 0 aliphatic heterocycles. The second-order valence-electron chi connectivity index (χ2n) is 3.60. The van der Waals surface area contributed by atoms with Crippen molar-refractivity contribution in [1.29, 1.82) is 0 Å². The summed E-state index contributed by atoms with van der Waals surface area (Å²) in [6.07, 6.45) is 0.147. The van der Waals surface area contributed by atoms with Crippen molar-refractivity contribution in [2.45, 2.75) is 12.8 Å². The van der Waals surface area contributed by atoms with E-state index in [-0.39, 0.29) is 24.7 Å². The second-order valence-corrected chi connectivity index (χ2v) is 3.60. The van der Waals surface area contributed by atoms with Crippen LogP contribution in [0.5, 0.6) is 0 Å². The summed E-state index contributed by atoms with van der Waals surface area (Å²) in [7, 11) is 0. The first kappa shape index (κ1) is 18.1. The molecule has 0 bridgehead atoms. The maximum Gasteiger partial charge on any atom is 0.234 e. The standard InChI is InChI=1S/C10H20N6O4/c11-15-10(18)2-1-9(17)13-3-5-19-7-8-20-6-4-14-16-12/h1-8,11H2,(H,13,17)(H,15,18). The Kier molecular flexibility index (Phi) is 12.3. The lowest BCUT2D eigenvalue weighted by Gasteiger charge is -2.06. The van der Waals surface area contributed by atoms with Gasteiger partial charge in [0.25, 0.3) is 0 Å². The van der Waals surface area contributed by atoms with E-state index in [2.05, 4.69) is 15.3 Å². The van der Waals surface area contributed by atoms with E-state index in [0.29, 0.717) is 39.5 Å². The number of amides is 2. The van der Waals surface area contributed by atoms with Crippen LogP contribution in [0.1, 0.15) is 12.8 Å². The highest BCUT2D eigenvalue weighted by Crippen LogP contribution is 1.88. The molecule has 0 rings (SSSR count). The fraction of sp³-hybridized carbons (Fsp3) is 0.800. The third-order valence-corrected chi connectivity index (χ3v) is 2.08. The van der Waals surface area contributed by atoms with Gasteiger partial charge in [-0.15, -0.1) is 0 Å². The highest BCUT2D eigenvalue weighted by Gasteiger charge is 2.04. The molecule has 0 atom stereocenters. The van der Waals surface area contributed by atoms with Crippen LogP contribution in [0, 0.1) is 0 Å². The number of rotatable bonds is 12. The molecule has 0 aliphatic rings. The van der Waals surface area contributed by atoms with E-state index in [9.17, 15) is 9.59 Å². The molecule has 0 heterocycles. The van der Waals surface area contributed by atoms with Gasteiger partial charge in [0, 0.05) is 30.8 Å².